The van der Waals surface area contributed by atoms with E-state index in [1.807, 2.05) is 0 Å². The lowest BCUT2D eigenvalue weighted by Crippen LogP contribution is -2.24. The number of aliphatic hydroxyl groups excluding tert-OH is 1. The quantitative estimate of drug-likeness (QED) is 0.869. The van der Waals surface area contributed by atoms with E-state index in [1.165, 1.54) is 12.3 Å². The van der Waals surface area contributed by atoms with Crippen LogP contribution in [0.1, 0.15) is 11.3 Å². The van der Waals surface area contributed by atoms with E-state index in [0.717, 1.165) is 12.1 Å². The van der Waals surface area contributed by atoms with Crippen LogP contribution in [-0.4, -0.2) is 18.7 Å². The first-order valence-electron chi connectivity index (χ1n) is 5.42. The zero-order valence-electron chi connectivity index (χ0n) is 10.0. The van der Waals surface area contributed by atoms with E-state index >= 15 is 0 Å². The Hall–Kier alpha value is -1.48. The van der Waals surface area contributed by atoms with Crippen LogP contribution in [0.3, 0.4) is 0 Å². The lowest BCUT2D eigenvalue weighted by atomic mass is 10.2. The molecule has 108 valence electrons. The van der Waals surface area contributed by atoms with Crippen LogP contribution in [0.5, 0.6) is 0 Å². The molecule has 2 aromatic rings. The van der Waals surface area contributed by atoms with Crippen molar-refractivity contribution < 1.29 is 22.4 Å². The number of nitrogens with zero attached hydrogens (tertiary/aromatic N) is 1. The Morgan fingerprint density at radius 3 is 2.80 bits per heavy atom. The van der Waals surface area contributed by atoms with E-state index in [2.05, 4.69) is 9.88 Å². The third-order valence-corrected chi connectivity index (χ3v) is 4.09. The predicted molar refractivity (Wildman–Crippen MR) is 67.9 cm³/mol. The molecule has 1 aromatic heterocycles. The van der Waals surface area contributed by atoms with Gasteiger partial charge in [-0.15, -0.1) is 0 Å². The first-order chi connectivity index (χ1) is 9.44. The van der Waals surface area contributed by atoms with E-state index in [4.69, 9.17) is 21.2 Å². The summed E-state index contributed by atoms with van der Waals surface area (Å²) in [6, 6.07) is 3.60. The molecule has 0 bridgehead atoms. The molecule has 2 N–H and O–H groups in total. The summed E-state index contributed by atoms with van der Waals surface area (Å²) in [6.07, 6.45) is 1.35. The number of benzene rings is 1. The highest BCUT2D eigenvalue weighted by Crippen LogP contribution is 2.24. The van der Waals surface area contributed by atoms with Gasteiger partial charge >= 0.3 is 0 Å². The molecule has 0 aliphatic rings. The Kier molecular flexibility index (Phi) is 4.39. The Labute approximate surface area is 119 Å². The molecule has 9 heteroatoms. The first-order valence-corrected chi connectivity index (χ1v) is 7.28. The van der Waals surface area contributed by atoms with E-state index in [-0.39, 0.29) is 22.9 Å². The lowest BCUT2D eigenvalue weighted by molar-refractivity contribution is 0.274. The van der Waals surface area contributed by atoms with Gasteiger partial charge in [0.1, 0.15) is 10.7 Å². The van der Waals surface area contributed by atoms with Crippen LogP contribution in [0.4, 0.5) is 4.39 Å². The summed E-state index contributed by atoms with van der Waals surface area (Å²) in [4.78, 5) is -0.631. The second kappa shape index (κ2) is 5.88. The van der Waals surface area contributed by atoms with E-state index in [0.29, 0.717) is 0 Å². The lowest BCUT2D eigenvalue weighted by Gasteiger charge is -2.09. The highest BCUT2D eigenvalue weighted by Gasteiger charge is 2.22. The van der Waals surface area contributed by atoms with Crippen molar-refractivity contribution in [2.24, 2.45) is 0 Å². The summed E-state index contributed by atoms with van der Waals surface area (Å²) in [5.41, 5.74) is -0.197. The van der Waals surface area contributed by atoms with Crippen LogP contribution in [0.25, 0.3) is 0 Å². The molecule has 0 saturated carbocycles. The highest BCUT2D eigenvalue weighted by molar-refractivity contribution is 7.89. The summed E-state index contributed by atoms with van der Waals surface area (Å²) < 4.78 is 44.9. The first kappa shape index (κ1) is 14.9. The third-order valence-electron chi connectivity index (χ3n) is 2.47. The SMILES string of the molecule is O=S(=O)(NCc1ccno1)c1cc(Cl)cc(CO)c1F. The normalized spacial score (nSPS) is 11.8. The van der Waals surface area contributed by atoms with Gasteiger partial charge in [-0.2, -0.15) is 0 Å². The number of aromatic nitrogens is 1. The van der Waals surface area contributed by atoms with E-state index in [1.54, 1.807) is 0 Å². The Morgan fingerprint density at radius 1 is 1.45 bits per heavy atom. The summed E-state index contributed by atoms with van der Waals surface area (Å²) in [7, 11) is -4.13. The van der Waals surface area contributed by atoms with Crippen LogP contribution >= 0.6 is 11.6 Å². The smallest absolute Gasteiger partial charge is 0.243 e. The van der Waals surface area contributed by atoms with Crippen molar-refractivity contribution in [3.05, 3.63) is 46.6 Å². The summed E-state index contributed by atoms with van der Waals surface area (Å²) >= 11 is 5.71. The van der Waals surface area contributed by atoms with Crippen LogP contribution < -0.4 is 4.72 Å². The summed E-state index contributed by atoms with van der Waals surface area (Å²) in [5.74, 6) is -0.764. The minimum Gasteiger partial charge on any atom is -0.392 e. The van der Waals surface area contributed by atoms with Gasteiger partial charge in [0.05, 0.1) is 19.3 Å². The Balaban J connectivity index is 2.31. The monoisotopic (exact) mass is 320 g/mol. The fourth-order valence-electron chi connectivity index (χ4n) is 1.51. The minimum atomic E-state index is -4.13. The molecule has 1 heterocycles. The summed E-state index contributed by atoms with van der Waals surface area (Å²) in [6.45, 7) is -0.834. The van der Waals surface area contributed by atoms with Gasteiger partial charge in [-0.05, 0) is 12.1 Å². The molecule has 0 fully saturated rings. The second-order valence-corrected chi connectivity index (χ2v) is 6.01. The number of hydrogen-bond acceptors (Lipinski definition) is 5. The molecule has 0 spiro atoms. The number of sulfonamides is 1. The van der Waals surface area contributed by atoms with Gasteiger partial charge < -0.3 is 9.63 Å². The van der Waals surface area contributed by atoms with Crippen LogP contribution in [0, 0.1) is 5.82 Å². The van der Waals surface area contributed by atoms with E-state index < -0.39 is 27.3 Å². The van der Waals surface area contributed by atoms with Crippen molar-refractivity contribution >= 4 is 21.6 Å². The second-order valence-electron chi connectivity index (χ2n) is 3.84. The number of rotatable bonds is 5. The van der Waals surface area contributed by atoms with Gasteiger partial charge in [0, 0.05) is 16.7 Å². The van der Waals surface area contributed by atoms with Crippen LogP contribution in [-0.2, 0) is 23.2 Å². The molecule has 0 aliphatic carbocycles. The molecule has 2 rings (SSSR count). The molecule has 6 nitrogen and oxygen atoms in total. The number of aliphatic hydroxyl groups is 1. The van der Waals surface area contributed by atoms with Crippen molar-refractivity contribution in [2.75, 3.05) is 0 Å². The molecule has 0 aliphatic heterocycles. The van der Waals surface area contributed by atoms with Gasteiger partial charge in [0.2, 0.25) is 10.0 Å². The highest BCUT2D eigenvalue weighted by atomic mass is 35.5. The van der Waals surface area contributed by atoms with Gasteiger partial charge in [-0.3, -0.25) is 0 Å². The fraction of sp³-hybridized carbons (Fsp3) is 0.182. The molecular weight excluding hydrogens is 311 g/mol. The minimum absolute atomic E-state index is 0.00971. The maximum Gasteiger partial charge on any atom is 0.243 e. The molecular formula is C11H10ClFN2O4S. The van der Waals surface area contributed by atoms with Crippen molar-refractivity contribution in [2.45, 2.75) is 18.0 Å². The van der Waals surface area contributed by atoms with Gasteiger partial charge in [-0.1, -0.05) is 16.8 Å². The molecule has 0 unspecified atom stereocenters. The predicted octanol–water partition coefficient (Wildman–Crippen LogP) is 1.44. The van der Waals surface area contributed by atoms with Crippen LogP contribution in [0.15, 0.2) is 33.8 Å². The summed E-state index contributed by atoms with van der Waals surface area (Å²) in [5, 5.41) is 12.4. The third kappa shape index (κ3) is 3.15. The van der Waals surface area contributed by atoms with Crippen molar-refractivity contribution in [1.82, 2.24) is 9.88 Å². The van der Waals surface area contributed by atoms with Crippen molar-refractivity contribution in [3.63, 3.8) is 0 Å². The fourth-order valence-corrected chi connectivity index (χ4v) is 2.95. The van der Waals surface area contributed by atoms with Crippen molar-refractivity contribution in [3.8, 4) is 0 Å². The van der Waals surface area contributed by atoms with Crippen LogP contribution in [0.2, 0.25) is 5.02 Å². The van der Waals surface area contributed by atoms with Gasteiger partial charge in [0.15, 0.2) is 5.76 Å². The van der Waals surface area contributed by atoms with Crippen molar-refractivity contribution in [1.29, 1.82) is 0 Å². The number of nitrogens with one attached hydrogen (secondary N) is 1. The average molecular weight is 321 g/mol. The van der Waals surface area contributed by atoms with Gasteiger partial charge in [0.25, 0.3) is 0 Å². The molecule has 0 saturated heterocycles. The zero-order valence-corrected chi connectivity index (χ0v) is 11.6. The topological polar surface area (TPSA) is 92.4 Å². The Morgan fingerprint density at radius 2 is 2.20 bits per heavy atom. The average Bonchev–Trinajstić information content (AvgIpc) is 2.92. The Bertz CT molecular complexity index is 703. The molecule has 0 radical (unpaired) electrons. The van der Waals surface area contributed by atoms with E-state index in [9.17, 15) is 12.8 Å². The maximum absolute atomic E-state index is 13.9. The largest absolute Gasteiger partial charge is 0.392 e. The number of hydrogen-bond donors (Lipinski definition) is 2. The molecule has 1 aromatic carbocycles. The number of halogens is 2. The maximum atomic E-state index is 13.9. The van der Waals surface area contributed by atoms with Gasteiger partial charge in [-0.25, -0.2) is 17.5 Å². The molecule has 20 heavy (non-hydrogen) atoms. The standard InChI is InChI=1S/C11H10ClFN2O4S/c12-8-3-7(6-16)11(13)10(4-8)20(17,18)15-5-9-1-2-14-19-9/h1-4,15-16H,5-6H2. The molecule has 0 amide bonds. The molecule has 0 atom stereocenters. The zero-order chi connectivity index (χ0) is 14.8.